The molecule has 134 valence electrons. The minimum absolute atomic E-state index is 0. The zero-order valence-electron chi connectivity index (χ0n) is 14.6. The van der Waals surface area contributed by atoms with Crippen molar-refractivity contribution in [1.29, 1.82) is 0 Å². The van der Waals surface area contributed by atoms with Crippen LogP contribution in [0, 0.1) is 0 Å². The van der Waals surface area contributed by atoms with Crippen molar-refractivity contribution in [2.24, 2.45) is 12.0 Å². The van der Waals surface area contributed by atoms with Crippen LogP contribution in [0.15, 0.2) is 21.9 Å². The van der Waals surface area contributed by atoms with Crippen LogP contribution in [0.3, 0.4) is 0 Å². The molecular formula is C15H26IN7O. The molecule has 8 nitrogen and oxygen atoms in total. The van der Waals surface area contributed by atoms with Gasteiger partial charge in [0.25, 0.3) is 0 Å². The van der Waals surface area contributed by atoms with E-state index in [0.717, 1.165) is 30.1 Å². The van der Waals surface area contributed by atoms with E-state index in [9.17, 15) is 0 Å². The first-order valence-electron chi connectivity index (χ1n) is 7.90. The molecule has 2 N–H and O–H groups in total. The minimum Gasteiger partial charge on any atom is -0.359 e. The van der Waals surface area contributed by atoms with Gasteiger partial charge in [-0.1, -0.05) is 19.0 Å². The van der Waals surface area contributed by atoms with Gasteiger partial charge in [-0.2, -0.15) is 0 Å². The predicted octanol–water partition coefficient (Wildman–Crippen LogP) is 2.19. The van der Waals surface area contributed by atoms with Gasteiger partial charge in [-0.25, -0.2) is 0 Å². The lowest BCUT2D eigenvalue weighted by Gasteiger charge is -2.10. The van der Waals surface area contributed by atoms with Gasteiger partial charge in [0.1, 0.15) is 6.33 Å². The molecule has 2 rings (SSSR count). The van der Waals surface area contributed by atoms with Gasteiger partial charge in [0.15, 0.2) is 17.5 Å². The topological polar surface area (TPSA) is 93.2 Å². The summed E-state index contributed by atoms with van der Waals surface area (Å²) < 4.78 is 7.25. The van der Waals surface area contributed by atoms with Crippen LogP contribution < -0.4 is 10.6 Å². The van der Waals surface area contributed by atoms with Gasteiger partial charge in [-0.15, -0.1) is 34.2 Å². The summed E-state index contributed by atoms with van der Waals surface area (Å²) in [6.07, 6.45) is 3.80. The van der Waals surface area contributed by atoms with E-state index in [-0.39, 0.29) is 24.0 Å². The second-order valence-electron chi connectivity index (χ2n) is 5.37. The fourth-order valence-electron chi connectivity index (χ4n) is 2.33. The molecule has 2 aromatic rings. The zero-order chi connectivity index (χ0) is 16.7. The standard InChI is InChI=1S/C15H25N7O.HI/c1-5-11(6-2)13-7-12(23-21-13)8-17-15(16-3)18-9-14-20-19-10-22(14)4;/h7,10-11H,5-6,8-9H2,1-4H3,(H2,16,17,18);1H. The monoisotopic (exact) mass is 447 g/mol. The van der Waals surface area contributed by atoms with Crippen LogP contribution in [0.2, 0.25) is 0 Å². The average Bonchev–Trinajstić information content (AvgIpc) is 3.18. The first-order chi connectivity index (χ1) is 11.2. The van der Waals surface area contributed by atoms with E-state index in [1.165, 1.54) is 0 Å². The van der Waals surface area contributed by atoms with Crippen LogP contribution in [-0.2, 0) is 20.1 Å². The normalized spacial score (nSPS) is 11.5. The summed E-state index contributed by atoms with van der Waals surface area (Å²) in [5.74, 6) is 2.77. The van der Waals surface area contributed by atoms with Gasteiger partial charge in [0, 0.05) is 26.1 Å². The molecule has 2 heterocycles. The van der Waals surface area contributed by atoms with Crippen LogP contribution in [0.1, 0.15) is 49.9 Å². The van der Waals surface area contributed by atoms with Crippen molar-refractivity contribution in [3.8, 4) is 0 Å². The number of aliphatic imine (C=N–C) groups is 1. The van der Waals surface area contributed by atoms with Crippen LogP contribution >= 0.6 is 24.0 Å². The van der Waals surface area contributed by atoms with Gasteiger partial charge in [0.2, 0.25) is 0 Å². The molecule has 0 aliphatic carbocycles. The SMILES string of the molecule is CCC(CC)c1cc(CNC(=NC)NCc2nncn2C)on1.I. The Hall–Kier alpha value is -1.65. The summed E-state index contributed by atoms with van der Waals surface area (Å²) in [5.41, 5.74) is 1.02. The van der Waals surface area contributed by atoms with Gasteiger partial charge >= 0.3 is 0 Å². The highest BCUT2D eigenvalue weighted by molar-refractivity contribution is 14.0. The van der Waals surface area contributed by atoms with Crippen molar-refractivity contribution in [3.63, 3.8) is 0 Å². The largest absolute Gasteiger partial charge is 0.359 e. The third kappa shape index (κ3) is 5.46. The molecule has 0 aliphatic heterocycles. The number of hydrogen-bond acceptors (Lipinski definition) is 5. The van der Waals surface area contributed by atoms with Crippen molar-refractivity contribution in [2.75, 3.05) is 7.05 Å². The van der Waals surface area contributed by atoms with Crippen molar-refractivity contribution in [3.05, 3.63) is 29.7 Å². The molecule has 0 bridgehead atoms. The van der Waals surface area contributed by atoms with Gasteiger partial charge in [0.05, 0.1) is 18.8 Å². The van der Waals surface area contributed by atoms with Crippen molar-refractivity contribution in [1.82, 2.24) is 30.6 Å². The third-order valence-electron chi connectivity index (χ3n) is 3.85. The van der Waals surface area contributed by atoms with Crippen molar-refractivity contribution in [2.45, 2.75) is 45.7 Å². The third-order valence-corrected chi connectivity index (χ3v) is 3.85. The van der Waals surface area contributed by atoms with Crippen LogP contribution in [0.25, 0.3) is 0 Å². The molecule has 0 atom stereocenters. The van der Waals surface area contributed by atoms with Crippen LogP contribution in [-0.4, -0.2) is 32.9 Å². The van der Waals surface area contributed by atoms with Gasteiger partial charge < -0.3 is 19.7 Å². The summed E-state index contributed by atoms with van der Waals surface area (Å²) in [6.45, 7) is 5.41. The Morgan fingerprint density at radius 1 is 1.29 bits per heavy atom. The second kappa shape index (κ2) is 10.3. The number of aryl methyl sites for hydroxylation is 1. The highest BCUT2D eigenvalue weighted by Crippen LogP contribution is 2.22. The van der Waals surface area contributed by atoms with E-state index >= 15 is 0 Å². The molecule has 24 heavy (non-hydrogen) atoms. The maximum atomic E-state index is 5.39. The molecule has 0 aliphatic rings. The molecule has 9 heteroatoms. The lowest BCUT2D eigenvalue weighted by Crippen LogP contribution is -2.36. The van der Waals surface area contributed by atoms with E-state index in [1.54, 1.807) is 13.4 Å². The average molecular weight is 447 g/mol. The minimum atomic E-state index is 0. The molecule has 0 saturated heterocycles. The number of aromatic nitrogens is 4. The maximum Gasteiger partial charge on any atom is 0.191 e. The Kier molecular flexibility index (Phi) is 8.72. The van der Waals surface area contributed by atoms with Gasteiger partial charge in [-0.05, 0) is 12.8 Å². The fourth-order valence-corrected chi connectivity index (χ4v) is 2.33. The molecule has 2 aromatic heterocycles. The van der Waals surface area contributed by atoms with E-state index in [4.69, 9.17) is 4.52 Å². The smallest absolute Gasteiger partial charge is 0.191 e. The Balaban J connectivity index is 0.00000288. The molecule has 0 saturated carbocycles. The molecule has 0 unspecified atom stereocenters. The Labute approximate surface area is 159 Å². The molecule has 0 radical (unpaired) electrons. The zero-order valence-corrected chi connectivity index (χ0v) is 16.9. The Bertz CT molecular complexity index is 633. The molecule has 0 spiro atoms. The van der Waals surface area contributed by atoms with E-state index < -0.39 is 0 Å². The molecule has 0 amide bonds. The second-order valence-corrected chi connectivity index (χ2v) is 5.37. The van der Waals surface area contributed by atoms with Gasteiger partial charge in [-0.3, -0.25) is 4.99 Å². The quantitative estimate of drug-likeness (QED) is 0.384. The summed E-state index contributed by atoms with van der Waals surface area (Å²) in [4.78, 5) is 4.18. The Morgan fingerprint density at radius 3 is 2.58 bits per heavy atom. The first-order valence-corrected chi connectivity index (χ1v) is 7.90. The number of nitrogens with one attached hydrogen (secondary N) is 2. The maximum absolute atomic E-state index is 5.39. The van der Waals surface area contributed by atoms with Crippen molar-refractivity contribution < 1.29 is 4.52 Å². The van der Waals surface area contributed by atoms with E-state index in [2.05, 4.69) is 44.8 Å². The number of rotatable bonds is 7. The fraction of sp³-hybridized carbons (Fsp3) is 0.600. The van der Waals surface area contributed by atoms with Crippen LogP contribution in [0.5, 0.6) is 0 Å². The summed E-state index contributed by atoms with van der Waals surface area (Å²) in [5, 5.41) is 18.4. The highest BCUT2D eigenvalue weighted by Gasteiger charge is 2.13. The number of guanidine groups is 1. The Morgan fingerprint density at radius 2 is 2.00 bits per heavy atom. The van der Waals surface area contributed by atoms with Crippen molar-refractivity contribution >= 4 is 29.9 Å². The summed E-state index contributed by atoms with van der Waals surface area (Å²) in [6, 6.07) is 2.01. The molecule has 0 aromatic carbocycles. The number of halogens is 1. The summed E-state index contributed by atoms with van der Waals surface area (Å²) in [7, 11) is 3.63. The lowest BCUT2D eigenvalue weighted by atomic mass is 9.99. The highest BCUT2D eigenvalue weighted by atomic mass is 127. The first kappa shape index (κ1) is 20.4. The number of nitrogens with zero attached hydrogens (tertiary/aromatic N) is 5. The van der Waals surface area contributed by atoms with E-state index in [0.29, 0.717) is 25.0 Å². The predicted molar refractivity (Wildman–Crippen MR) is 103 cm³/mol. The summed E-state index contributed by atoms with van der Waals surface area (Å²) >= 11 is 0. The molecule has 0 fully saturated rings. The molecular weight excluding hydrogens is 421 g/mol. The number of hydrogen-bond donors (Lipinski definition) is 2. The van der Waals surface area contributed by atoms with E-state index in [1.807, 2.05) is 17.7 Å². The van der Waals surface area contributed by atoms with Crippen LogP contribution in [0.4, 0.5) is 0 Å². The lowest BCUT2D eigenvalue weighted by molar-refractivity contribution is 0.368.